The van der Waals surface area contributed by atoms with E-state index in [0.29, 0.717) is 12.0 Å². The third-order valence-electron chi connectivity index (χ3n) is 5.21. The van der Waals surface area contributed by atoms with Gasteiger partial charge in [0.2, 0.25) is 0 Å². The van der Waals surface area contributed by atoms with E-state index in [0.717, 1.165) is 50.8 Å². The first kappa shape index (κ1) is 16.9. The second-order valence-corrected chi connectivity index (χ2v) is 8.56. The van der Waals surface area contributed by atoms with Gasteiger partial charge in [0.15, 0.2) is 5.82 Å². The molecule has 2 aliphatic heterocycles. The van der Waals surface area contributed by atoms with Crippen LogP contribution in [0.5, 0.6) is 0 Å². The van der Waals surface area contributed by atoms with Crippen LogP contribution in [0.15, 0.2) is 24.3 Å². The first-order valence-electron chi connectivity index (χ1n) is 9.12. The van der Waals surface area contributed by atoms with Crippen molar-refractivity contribution in [2.45, 2.75) is 32.9 Å². The maximum Gasteiger partial charge on any atom is 0.151 e. The Hall–Kier alpha value is -1.50. The lowest BCUT2D eigenvalue weighted by molar-refractivity contribution is -0.0236. The molecule has 2 fully saturated rings. The van der Waals surface area contributed by atoms with Crippen molar-refractivity contribution < 1.29 is 4.74 Å². The Bertz CT molecular complexity index is 702. The number of ether oxygens (including phenoxy) is 1. The van der Waals surface area contributed by atoms with Gasteiger partial charge < -0.3 is 9.64 Å². The van der Waals surface area contributed by atoms with Gasteiger partial charge >= 0.3 is 0 Å². The molecule has 134 valence electrons. The highest BCUT2D eigenvalue weighted by Crippen LogP contribution is 2.27. The van der Waals surface area contributed by atoms with Crippen molar-refractivity contribution in [3.63, 3.8) is 0 Å². The van der Waals surface area contributed by atoms with E-state index in [1.807, 2.05) is 24.3 Å². The van der Waals surface area contributed by atoms with Crippen LogP contribution in [0.25, 0.3) is 0 Å². The minimum Gasteiger partial charge on any atom is -0.375 e. The van der Waals surface area contributed by atoms with Crippen LogP contribution in [0.4, 0.5) is 5.82 Å². The average Bonchev–Trinajstić information content (AvgIpc) is 2.89. The molecule has 0 amide bonds. The second-order valence-electron chi connectivity index (χ2n) is 7.18. The zero-order chi connectivity index (χ0) is 17.2. The molecule has 6 heteroatoms. The summed E-state index contributed by atoms with van der Waals surface area (Å²) in [5.41, 5.74) is 0.963. The monoisotopic (exact) mass is 358 g/mol. The molecule has 0 aliphatic carbocycles. The summed E-state index contributed by atoms with van der Waals surface area (Å²) in [5.74, 6) is 1.55. The fraction of sp³-hybridized carbons (Fsp3) is 0.579. The molecule has 2 aromatic rings. The zero-order valence-corrected chi connectivity index (χ0v) is 15.8. The fourth-order valence-electron chi connectivity index (χ4n) is 3.82. The lowest BCUT2D eigenvalue weighted by Crippen LogP contribution is -2.46. The van der Waals surface area contributed by atoms with Gasteiger partial charge in [0.1, 0.15) is 0 Å². The van der Waals surface area contributed by atoms with E-state index in [1.165, 1.54) is 16.2 Å². The number of aromatic nitrogens is 2. The summed E-state index contributed by atoms with van der Waals surface area (Å²) >= 11 is 1.91. The largest absolute Gasteiger partial charge is 0.375 e. The van der Waals surface area contributed by atoms with Gasteiger partial charge in [-0.1, -0.05) is 0 Å². The second kappa shape index (κ2) is 7.40. The molecule has 5 nitrogen and oxygen atoms in total. The number of nitrogens with zero attached hydrogens (tertiary/aromatic N) is 4. The molecule has 2 aromatic heterocycles. The molecule has 2 saturated heterocycles. The van der Waals surface area contributed by atoms with Gasteiger partial charge in [0.25, 0.3) is 0 Å². The van der Waals surface area contributed by atoms with E-state index in [-0.39, 0.29) is 0 Å². The number of likely N-dealkylation sites (tertiary alicyclic amines) is 1. The first-order valence-corrected chi connectivity index (χ1v) is 9.93. The smallest absolute Gasteiger partial charge is 0.151 e. The van der Waals surface area contributed by atoms with Gasteiger partial charge in [-0.25, -0.2) is 0 Å². The van der Waals surface area contributed by atoms with Crippen molar-refractivity contribution >= 4 is 17.2 Å². The van der Waals surface area contributed by atoms with Crippen LogP contribution in [0.2, 0.25) is 0 Å². The van der Waals surface area contributed by atoms with Gasteiger partial charge in [-0.05, 0) is 51.1 Å². The number of fused-ring (bicyclic) bond motifs is 1. The highest BCUT2D eigenvalue weighted by atomic mass is 32.1. The summed E-state index contributed by atoms with van der Waals surface area (Å²) in [6.07, 6.45) is 1.52. The van der Waals surface area contributed by atoms with Gasteiger partial charge in [0, 0.05) is 41.9 Å². The number of hydrogen-bond acceptors (Lipinski definition) is 6. The van der Waals surface area contributed by atoms with E-state index >= 15 is 0 Å². The van der Waals surface area contributed by atoms with Gasteiger partial charge in [-0.2, -0.15) is 5.10 Å². The molecule has 0 bridgehead atoms. The standard InChI is InChI=1S/C19H26N4OS/c1-14-3-6-19(21-20-14)23-9-10-24-18-13-22(8-7-16(18)11-23)12-17-5-4-15(2)25-17/h3-6,16,18H,7-13H2,1-2H3/t16-,18-/m0/s1. The topological polar surface area (TPSA) is 41.5 Å². The fourth-order valence-corrected chi connectivity index (χ4v) is 4.75. The molecule has 0 radical (unpaired) electrons. The predicted octanol–water partition coefficient (Wildman–Crippen LogP) is 2.88. The summed E-state index contributed by atoms with van der Waals surface area (Å²) in [4.78, 5) is 7.75. The van der Waals surface area contributed by atoms with E-state index in [1.54, 1.807) is 0 Å². The van der Waals surface area contributed by atoms with Crippen LogP contribution in [0.3, 0.4) is 0 Å². The van der Waals surface area contributed by atoms with Gasteiger partial charge in [-0.3, -0.25) is 4.90 Å². The maximum absolute atomic E-state index is 6.23. The number of aryl methyl sites for hydroxylation is 2. The third-order valence-corrected chi connectivity index (χ3v) is 6.20. The minimum atomic E-state index is 0.332. The van der Waals surface area contributed by atoms with Crippen molar-refractivity contribution in [3.05, 3.63) is 39.7 Å². The number of piperidine rings is 1. The number of thiophene rings is 1. The summed E-state index contributed by atoms with van der Waals surface area (Å²) in [5, 5.41) is 8.58. The Morgan fingerprint density at radius 2 is 2.04 bits per heavy atom. The molecule has 0 aromatic carbocycles. The molecule has 2 aliphatic rings. The Labute approximate surface area is 153 Å². The Morgan fingerprint density at radius 3 is 2.80 bits per heavy atom. The van der Waals surface area contributed by atoms with Crippen LogP contribution in [0, 0.1) is 19.8 Å². The van der Waals surface area contributed by atoms with Crippen molar-refractivity contribution in [2.24, 2.45) is 5.92 Å². The SMILES string of the molecule is Cc1ccc(N2CCO[C@H]3CN(Cc4ccc(C)s4)CC[C@H]3C2)nn1. The lowest BCUT2D eigenvalue weighted by Gasteiger charge is -2.37. The number of anilines is 1. The molecular weight excluding hydrogens is 332 g/mol. The first-order chi connectivity index (χ1) is 12.2. The Balaban J connectivity index is 1.39. The van der Waals surface area contributed by atoms with Crippen LogP contribution in [0.1, 0.15) is 21.9 Å². The lowest BCUT2D eigenvalue weighted by atomic mass is 9.93. The molecular formula is C19H26N4OS. The van der Waals surface area contributed by atoms with Gasteiger partial charge in [-0.15, -0.1) is 16.4 Å². The molecule has 0 spiro atoms. The van der Waals surface area contributed by atoms with E-state index < -0.39 is 0 Å². The Morgan fingerprint density at radius 1 is 1.12 bits per heavy atom. The molecule has 4 rings (SSSR count). The van der Waals surface area contributed by atoms with Crippen LogP contribution < -0.4 is 4.90 Å². The molecule has 0 saturated carbocycles. The summed E-state index contributed by atoms with van der Waals surface area (Å²) < 4.78 is 6.23. The summed E-state index contributed by atoms with van der Waals surface area (Å²) in [6, 6.07) is 8.60. The number of hydrogen-bond donors (Lipinski definition) is 0. The molecule has 25 heavy (non-hydrogen) atoms. The van der Waals surface area contributed by atoms with Crippen LogP contribution in [-0.2, 0) is 11.3 Å². The highest BCUT2D eigenvalue weighted by molar-refractivity contribution is 7.11. The van der Waals surface area contributed by atoms with E-state index in [9.17, 15) is 0 Å². The zero-order valence-electron chi connectivity index (χ0n) is 15.0. The molecule has 0 N–H and O–H groups in total. The average molecular weight is 359 g/mol. The van der Waals surface area contributed by atoms with Crippen molar-refractivity contribution in [2.75, 3.05) is 37.7 Å². The van der Waals surface area contributed by atoms with Crippen molar-refractivity contribution in [1.29, 1.82) is 0 Å². The minimum absolute atomic E-state index is 0.332. The summed E-state index contributed by atoms with van der Waals surface area (Å²) in [6.45, 7) is 10.1. The third kappa shape index (κ3) is 4.02. The predicted molar refractivity (Wildman–Crippen MR) is 101 cm³/mol. The molecule has 0 unspecified atom stereocenters. The van der Waals surface area contributed by atoms with Crippen LogP contribution >= 0.6 is 11.3 Å². The van der Waals surface area contributed by atoms with E-state index in [2.05, 4.69) is 45.1 Å². The summed E-state index contributed by atoms with van der Waals surface area (Å²) in [7, 11) is 0. The normalized spacial score (nSPS) is 24.8. The quantitative estimate of drug-likeness (QED) is 0.844. The van der Waals surface area contributed by atoms with Crippen molar-refractivity contribution in [3.8, 4) is 0 Å². The highest BCUT2D eigenvalue weighted by Gasteiger charge is 2.33. The van der Waals surface area contributed by atoms with Gasteiger partial charge in [0.05, 0.1) is 18.4 Å². The van der Waals surface area contributed by atoms with Crippen molar-refractivity contribution in [1.82, 2.24) is 15.1 Å². The number of rotatable bonds is 3. The molecule has 2 atom stereocenters. The van der Waals surface area contributed by atoms with E-state index in [4.69, 9.17) is 4.74 Å². The molecule has 4 heterocycles. The Kier molecular flexibility index (Phi) is 5.01. The maximum atomic E-state index is 6.23. The van der Waals surface area contributed by atoms with Crippen LogP contribution in [-0.4, -0.2) is 54.0 Å².